The molecule has 1 unspecified atom stereocenters. The number of hydrogen-bond donors (Lipinski definition) is 0. The molecule has 13 heavy (non-hydrogen) atoms. The van der Waals surface area contributed by atoms with E-state index in [0.717, 1.165) is 0 Å². The van der Waals surface area contributed by atoms with Gasteiger partial charge in [0.25, 0.3) is 0 Å². The van der Waals surface area contributed by atoms with E-state index in [0.29, 0.717) is 0 Å². The molecule has 1 atom stereocenters. The Morgan fingerprint density at radius 2 is 2.00 bits per heavy atom. The summed E-state index contributed by atoms with van der Waals surface area (Å²) in [4.78, 5) is 11.4. The topological polar surface area (TPSA) is 17.1 Å². The monoisotopic (exact) mass is 306 g/mol. The Bertz CT molecular complexity index is 221. The highest BCUT2D eigenvalue weighted by molar-refractivity contribution is 9.09. The molecule has 1 nitrogen and oxygen atoms in total. The maximum Gasteiger partial charge on any atom is 0.150 e. The molecular formula is C8H10BrCl3O. The number of allylic oxidation sites excluding steroid dienone is 1. The summed E-state index contributed by atoms with van der Waals surface area (Å²) in [6.07, 6.45) is 1.45. The zero-order valence-electron chi connectivity index (χ0n) is 7.28. The lowest BCUT2D eigenvalue weighted by Gasteiger charge is -2.25. The minimum absolute atomic E-state index is 0.0123. The van der Waals surface area contributed by atoms with E-state index in [9.17, 15) is 4.79 Å². The molecule has 0 radical (unpaired) electrons. The van der Waals surface area contributed by atoms with E-state index >= 15 is 0 Å². The van der Waals surface area contributed by atoms with Gasteiger partial charge in [-0.1, -0.05) is 53.0 Å². The Kier molecular flexibility index (Phi) is 5.92. The quantitative estimate of drug-likeness (QED) is 0.720. The standard InChI is InChI=1S/C8H10BrCl3O/c1-8(2,6(13)4-9)5(10)3-7(11)12/h3,5H,4H2,1-2H3. The van der Waals surface area contributed by atoms with Crippen molar-refractivity contribution in [2.24, 2.45) is 5.41 Å². The van der Waals surface area contributed by atoms with E-state index in [-0.39, 0.29) is 15.6 Å². The van der Waals surface area contributed by atoms with Crippen LogP contribution in [0, 0.1) is 5.41 Å². The van der Waals surface area contributed by atoms with Crippen LogP contribution in [0.15, 0.2) is 10.6 Å². The van der Waals surface area contributed by atoms with Crippen LogP contribution in [0.2, 0.25) is 0 Å². The number of Topliss-reactive ketones (excluding diaryl/α,β-unsaturated/α-hetero) is 1. The molecule has 76 valence electrons. The number of hydrogen-bond acceptors (Lipinski definition) is 1. The second-order valence-corrected chi connectivity index (χ2v) is 5.18. The Morgan fingerprint density at radius 1 is 1.54 bits per heavy atom. The van der Waals surface area contributed by atoms with Crippen LogP contribution in [-0.2, 0) is 4.79 Å². The van der Waals surface area contributed by atoms with Gasteiger partial charge in [0.15, 0.2) is 5.78 Å². The largest absolute Gasteiger partial charge is 0.298 e. The summed E-state index contributed by atoms with van der Waals surface area (Å²) in [7, 11) is 0. The Balaban J connectivity index is 4.63. The summed E-state index contributed by atoms with van der Waals surface area (Å²) in [5.74, 6) is 0.0123. The van der Waals surface area contributed by atoms with Crippen molar-refractivity contribution >= 4 is 56.5 Å². The molecule has 0 aliphatic heterocycles. The third kappa shape index (κ3) is 4.20. The fourth-order valence-corrected chi connectivity index (χ4v) is 2.00. The molecule has 0 bridgehead atoms. The summed E-state index contributed by atoms with van der Waals surface area (Å²) < 4.78 is 0.0791. The van der Waals surface area contributed by atoms with Crippen LogP contribution >= 0.6 is 50.7 Å². The van der Waals surface area contributed by atoms with Crippen LogP contribution in [-0.4, -0.2) is 16.5 Å². The van der Waals surface area contributed by atoms with Crippen molar-refractivity contribution in [3.8, 4) is 0 Å². The van der Waals surface area contributed by atoms with E-state index < -0.39 is 10.8 Å². The van der Waals surface area contributed by atoms with Gasteiger partial charge in [0.2, 0.25) is 0 Å². The summed E-state index contributed by atoms with van der Waals surface area (Å²) in [5, 5.41) is -0.223. The summed E-state index contributed by atoms with van der Waals surface area (Å²) in [6, 6.07) is 0. The molecule has 0 amide bonds. The minimum Gasteiger partial charge on any atom is -0.298 e. The normalized spacial score (nSPS) is 13.7. The highest BCUT2D eigenvalue weighted by Crippen LogP contribution is 2.30. The smallest absolute Gasteiger partial charge is 0.150 e. The molecule has 0 spiro atoms. The molecule has 0 saturated carbocycles. The number of carbonyl (C=O) groups excluding carboxylic acids is 1. The van der Waals surface area contributed by atoms with Crippen LogP contribution in [0.5, 0.6) is 0 Å². The van der Waals surface area contributed by atoms with Crippen molar-refractivity contribution in [3.05, 3.63) is 10.6 Å². The van der Waals surface area contributed by atoms with Gasteiger partial charge >= 0.3 is 0 Å². The highest BCUT2D eigenvalue weighted by atomic mass is 79.9. The van der Waals surface area contributed by atoms with Crippen LogP contribution in [0.1, 0.15) is 13.8 Å². The second kappa shape index (κ2) is 5.59. The first-order chi connectivity index (χ1) is 5.82. The Morgan fingerprint density at radius 3 is 2.31 bits per heavy atom. The average molecular weight is 308 g/mol. The third-order valence-electron chi connectivity index (χ3n) is 1.80. The lowest BCUT2D eigenvalue weighted by atomic mass is 9.85. The maximum atomic E-state index is 11.4. The number of halogens is 4. The number of alkyl halides is 2. The zero-order valence-corrected chi connectivity index (χ0v) is 11.1. The summed E-state index contributed by atoms with van der Waals surface area (Å²) >= 11 is 19.9. The van der Waals surface area contributed by atoms with Crippen LogP contribution in [0.25, 0.3) is 0 Å². The molecule has 0 heterocycles. The van der Waals surface area contributed by atoms with Crippen LogP contribution in [0.3, 0.4) is 0 Å². The zero-order chi connectivity index (χ0) is 10.6. The van der Waals surface area contributed by atoms with E-state index in [1.165, 1.54) is 6.08 Å². The van der Waals surface area contributed by atoms with Crippen molar-refractivity contribution in [2.45, 2.75) is 19.2 Å². The number of rotatable bonds is 4. The van der Waals surface area contributed by atoms with Crippen LogP contribution < -0.4 is 0 Å². The lowest BCUT2D eigenvalue weighted by molar-refractivity contribution is -0.123. The molecular weight excluding hydrogens is 298 g/mol. The second-order valence-electron chi connectivity index (χ2n) is 3.14. The third-order valence-corrected chi connectivity index (χ3v) is 3.23. The van der Waals surface area contributed by atoms with Gasteiger partial charge < -0.3 is 0 Å². The highest BCUT2D eigenvalue weighted by Gasteiger charge is 2.33. The first-order valence-corrected chi connectivity index (χ1v) is 5.90. The fraction of sp³-hybridized carbons (Fsp3) is 0.625. The molecule has 0 rings (SSSR count). The molecule has 0 saturated heterocycles. The first-order valence-electron chi connectivity index (χ1n) is 3.58. The van der Waals surface area contributed by atoms with Gasteiger partial charge in [0, 0.05) is 5.41 Å². The number of carbonyl (C=O) groups is 1. The summed E-state index contributed by atoms with van der Waals surface area (Å²) in [5.41, 5.74) is -0.667. The molecule has 0 aliphatic carbocycles. The van der Waals surface area contributed by atoms with Gasteiger partial charge in [0.1, 0.15) is 4.49 Å². The van der Waals surface area contributed by atoms with Gasteiger partial charge in [-0.3, -0.25) is 4.79 Å². The number of ketones is 1. The van der Waals surface area contributed by atoms with E-state index in [1.807, 2.05) is 0 Å². The van der Waals surface area contributed by atoms with Gasteiger partial charge in [-0.05, 0) is 6.08 Å². The molecule has 0 fully saturated rings. The van der Waals surface area contributed by atoms with Crippen molar-refractivity contribution < 1.29 is 4.79 Å². The Labute approximate surface area is 102 Å². The summed E-state index contributed by atoms with van der Waals surface area (Å²) in [6.45, 7) is 3.50. The van der Waals surface area contributed by atoms with Crippen molar-refractivity contribution in [2.75, 3.05) is 5.33 Å². The average Bonchev–Trinajstić information content (AvgIpc) is 2.01. The Hall–Kier alpha value is 0.760. The van der Waals surface area contributed by atoms with Gasteiger partial charge in [-0.15, -0.1) is 11.6 Å². The van der Waals surface area contributed by atoms with Gasteiger partial charge in [-0.2, -0.15) is 0 Å². The van der Waals surface area contributed by atoms with Crippen molar-refractivity contribution in [1.29, 1.82) is 0 Å². The van der Waals surface area contributed by atoms with Crippen molar-refractivity contribution in [3.63, 3.8) is 0 Å². The molecule has 0 aromatic carbocycles. The maximum absolute atomic E-state index is 11.4. The fourth-order valence-electron chi connectivity index (χ4n) is 0.645. The molecule has 0 N–H and O–H groups in total. The molecule has 0 aromatic rings. The van der Waals surface area contributed by atoms with E-state index in [2.05, 4.69) is 15.9 Å². The molecule has 0 aromatic heterocycles. The van der Waals surface area contributed by atoms with Gasteiger partial charge in [-0.25, -0.2) is 0 Å². The predicted molar refractivity (Wildman–Crippen MR) is 62.0 cm³/mol. The molecule has 0 aliphatic rings. The van der Waals surface area contributed by atoms with Crippen molar-refractivity contribution in [1.82, 2.24) is 0 Å². The SMILES string of the molecule is CC(C)(C(=O)CBr)C(Cl)C=C(Cl)Cl. The van der Waals surface area contributed by atoms with Crippen LogP contribution in [0.4, 0.5) is 0 Å². The molecule has 5 heteroatoms. The lowest BCUT2D eigenvalue weighted by Crippen LogP contribution is -2.33. The first kappa shape index (κ1) is 13.8. The van der Waals surface area contributed by atoms with E-state index in [4.69, 9.17) is 34.8 Å². The minimum atomic E-state index is -0.667. The predicted octanol–water partition coefficient (Wildman–Crippen LogP) is 3.90. The van der Waals surface area contributed by atoms with Gasteiger partial charge in [0.05, 0.1) is 10.7 Å². The van der Waals surface area contributed by atoms with E-state index in [1.54, 1.807) is 13.8 Å².